The summed E-state index contributed by atoms with van der Waals surface area (Å²) in [5.41, 5.74) is 0.122. The molecule has 1 N–H and O–H groups in total. The smallest absolute Gasteiger partial charge is 0.320 e. The lowest BCUT2D eigenvalue weighted by atomic mass is 9.57. The lowest BCUT2D eigenvalue weighted by Crippen LogP contribution is -2.56. The van der Waals surface area contributed by atoms with Gasteiger partial charge in [-0.1, -0.05) is 6.07 Å². The molecular formula is C15H17FO3S. The van der Waals surface area contributed by atoms with Crippen LogP contribution in [0.4, 0.5) is 4.39 Å². The fraction of sp³-hybridized carbons (Fsp3) is 0.533. The fourth-order valence-electron chi connectivity index (χ4n) is 3.34. The molecular weight excluding hydrogens is 279 g/mol. The van der Waals surface area contributed by atoms with E-state index >= 15 is 0 Å². The summed E-state index contributed by atoms with van der Waals surface area (Å²) in [6, 6.07) is 6.17. The Morgan fingerprint density at radius 3 is 2.60 bits per heavy atom. The Labute approximate surface area is 121 Å². The van der Waals surface area contributed by atoms with Crippen molar-refractivity contribution >= 4 is 17.7 Å². The van der Waals surface area contributed by atoms with Crippen LogP contribution in [0.5, 0.6) is 0 Å². The van der Waals surface area contributed by atoms with E-state index in [-0.39, 0.29) is 11.2 Å². The maximum Gasteiger partial charge on any atom is 0.320 e. The standard InChI is InChI=1S/C15H17FO3S/c16-11-2-1-3-12(8-11)20-15(13(17)18)9-14(10-15)4-6-19-7-5-14/h1-3,8H,4-7,9-10H2,(H,17,18). The number of aliphatic carboxylic acids is 1. The highest BCUT2D eigenvalue weighted by atomic mass is 32.2. The summed E-state index contributed by atoms with van der Waals surface area (Å²) in [4.78, 5) is 12.4. The molecule has 0 bridgehead atoms. The van der Waals surface area contributed by atoms with Gasteiger partial charge < -0.3 is 9.84 Å². The first-order chi connectivity index (χ1) is 9.54. The van der Waals surface area contributed by atoms with Crippen LogP contribution in [0, 0.1) is 11.2 Å². The van der Waals surface area contributed by atoms with Crippen LogP contribution < -0.4 is 0 Å². The molecule has 0 amide bonds. The summed E-state index contributed by atoms with van der Waals surface area (Å²) < 4.78 is 17.8. The third kappa shape index (κ3) is 2.44. The number of hydrogen-bond donors (Lipinski definition) is 1. The van der Waals surface area contributed by atoms with Gasteiger partial charge in [-0.2, -0.15) is 0 Å². The topological polar surface area (TPSA) is 46.5 Å². The van der Waals surface area contributed by atoms with Crippen LogP contribution in [0.2, 0.25) is 0 Å². The van der Waals surface area contributed by atoms with Gasteiger partial charge >= 0.3 is 5.97 Å². The average Bonchev–Trinajstić information content (AvgIpc) is 2.37. The number of carboxylic acid groups (broad SMARTS) is 1. The third-order valence-electron chi connectivity index (χ3n) is 4.37. The van der Waals surface area contributed by atoms with Gasteiger partial charge in [0.15, 0.2) is 0 Å². The number of ether oxygens (including phenoxy) is 1. The van der Waals surface area contributed by atoms with E-state index in [0.29, 0.717) is 17.7 Å². The number of hydrogen-bond acceptors (Lipinski definition) is 3. The van der Waals surface area contributed by atoms with Crippen molar-refractivity contribution in [2.75, 3.05) is 13.2 Å². The summed E-state index contributed by atoms with van der Waals surface area (Å²) >= 11 is 1.29. The maximum absolute atomic E-state index is 13.2. The molecule has 108 valence electrons. The van der Waals surface area contributed by atoms with E-state index in [9.17, 15) is 14.3 Å². The summed E-state index contributed by atoms with van der Waals surface area (Å²) in [6.07, 6.45) is 3.18. The van der Waals surface area contributed by atoms with Crippen LogP contribution in [0.25, 0.3) is 0 Å². The van der Waals surface area contributed by atoms with Crippen molar-refractivity contribution in [2.24, 2.45) is 5.41 Å². The molecule has 1 aromatic rings. The second kappa shape index (κ2) is 5.04. The van der Waals surface area contributed by atoms with Crippen molar-refractivity contribution < 1.29 is 19.0 Å². The molecule has 1 aliphatic carbocycles. The second-order valence-electron chi connectivity index (χ2n) is 5.82. The fourth-order valence-corrected chi connectivity index (χ4v) is 4.95. The van der Waals surface area contributed by atoms with Crippen LogP contribution in [0.1, 0.15) is 25.7 Å². The Morgan fingerprint density at radius 1 is 1.30 bits per heavy atom. The van der Waals surface area contributed by atoms with Gasteiger partial charge in [-0.3, -0.25) is 4.79 Å². The average molecular weight is 296 g/mol. The maximum atomic E-state index is 13.2. The van der Waals surface area contributed by atoms with E-state index in [1.807, 2.05) is 0 Å². The van der Waals surface area contributed by atoms with E-state index in [1.165, 1.54) is 23.9 Å². The molecule has 1 aromatic carbocycles. The van der Waals surface area contributed by atoms with Gasteiger partial charge in [0.25, 0.3) is 0 Å². The molecule has 0 aromatic heterocycles. The van der Waals surface area contributed by atoms with Crippen molar-refractivity contribution in [3.63, 3.8) is 0 Å². The van der Waals surface area contributed by atoms with Crippen LogP contribution in [-0.2, 0) is 9.53 Å². The van der Waals surface area contributed by atoms with Gasteiger partial charge in [-0.15, -0.1) is 11.8 Å². The van der Waals surface area contributed by atoms with Crippen LogP contribution in [0.15, 0.2) is 29.2 Å². The Bertz CT molecular complexity index is 518. The lowest BCUT2D eigenvalue weighted by Gasteiger charge is -2.55. The zero-order valence-corrected chi connectivity index (χ0v) is 11.9. The first-order valence-electron chi connectivity index (χ1n) is 6.79. The first kappa shape index (κ1) is 13.9. The van der Waals surface area contributed by atoms with E-state index in [0.717, 1.165) is 26.1 Å². The Balaban J connectivity index is 1.76. The van der Waals surface area contributed by atoms with Crippen LogP contribution in [-0.4, -0.2) is 29.0 Å². The highest BCUT2D eigenvalue weighted by Gasteiger charge is 2.59. The van der Waals surface area contributed by atoms with E-state index in [2.05, 4.69) is 0 Å². The zero-order valence-electron chi connectivity index (χ0n) is 11.1. The second-order valence-corrected chi connectivity index (χ2v) is 7.28. The molecule has 1 saturated heterocycles. The van der Waals surface area contributed by atoms with Gasteiger partial charge in [0.05, 0.1) is 0 Å². The number of thioether (sulfide) groups is 1. The third-order valence-corrected chi connectivity index (χ3v) is 5.72. The Morgan fingerprint density at radius 2 is 2.00 bits per heavy atom. The normalized spacial score (nSPS) is 23.2. The number of carboxylic acids is 1. The molecule has 1 spiro atoms. The summed E-state index contributed by atoms with van der Waals surface area (Å²) in [6.45, 7) is 1.45. The highest BCUT2D eigenvalue weighted by Crippen LogP contribution is 2.61. The van der Waals surface area contributed by atoms with Gasteiger partial charge in [0, 0.05) is 18.1 Å². The Hall–Kier alpha value is -1.07. The van der Waals surface area contributed by atoms with E-state index < -0.39 is 10.7 Å². The molecule has 0 atom stereocenters. The number of carbonyl (C=O) groups is 1. The summed E-state index contributed by atoms with van der Waals surface area (Å²) in [5.74, 6) is -1.11. The predicted molar refractivity (Wildman–Crippen MR) is 74.3 cm³/mol. The van der Waals surface area contributed by atoms with Gasteiger partial charge in [-0.25, -0.2) is 4.39 Å². The first-order valence-corrected chi connectivity index (χ1v) is 7.61. The predicted octanol–water partition coefficient (Wildman–Crippen LogP) is 3.33. The minimum absolute atomic E-state index is 0.122. The largest absolute Gasteiger partial charge is 0.480 e. The highest BCUT2D eigenvalue weighted by molar-refractivity contribution is 8.01. The molecule has 1 aliphatic heterocycles. The van der Waals surface area contributed by atoms with Crippen molar-refractivity contribution in [3.8, 4) is 0 Å². The molecule has 0 unspecified atom stereocenters. The molecule has 5 heteroatoms. The lowest BCUT2D eigenvalue weighted by molar-refractivity contribution is -0.150. The summed E-state index contributed by atoms with van der Waals surface area (Å²) in [7, 11) is 0. The molecule has 2 aliphatic rings. The molecule has 3 rings (SSSR count). The summed E-state index contributed by atoms with van der Waals surface area (Å²) in [5, 5.41) is 9.58. The number of halogens is 1. The molecule has 0 radical (unpaired) electrons. The molecule has 1 heterocycles. The van der Waals surface area contributed by atoms with Gasteiger partial charge in [0.1, 0.15) is 10.6 Å². The van der Waals surface area contributed by atoms with Crippen molar-refractivity contribution in [3.05, 3.63) is 30.1 Å². The minimum atomic E-state index is -0.800. The number of rotatable bonds is 3. The van der Waals surface area contributed by atoms with Gasteiger partial charge in [-0.05, 0) is 49.3 Å². The SMILES string of the molecule is O=C(O)C1(Sc2cccc(F)c2)CC2(CCOCC2)C1. The molecule has 20 heavy (non-hydrogen) atoms. The molecule has 2 fully saturated rings. The van der Waals surface area contributed by atoms with Crippen LogP contribution >= 0.6 is 11.8 Å². The van der Waals surface area contributed by atoms with Crippen molar-refractivity contribution in [1.29, 1.82) is 0 Å². The monoisotopic (exact) mass is 296 g/mol. The van der Waals surface area contributed by atoms with Gasteiger partial charge in [0.2, 0.25) is 0 Å². The quantitative estimate of drug-likeness (QED) is 0.929. The van der Waals surface area contributed by atoms with Crippen LogP contribution in [0.3, 0.4) is 0 Å². The van der Waals surface area contributed by atoms with E-state index in [4.69, 9.17) is 4.74 Å². The number of benzene rings is 1. The minimum Gasteiger partial charge on any atom is -0.480 e. The van der Waals surface area contributed by atoms with Crippen molar-refractivity contribution in [2.45, 2.75) is 35.3 Å². The Kier molecular flexibility index (Phi) is 3.50. The molecule has 3 nitrogen and oxygen atoms in total. The van der Waals surface area contributed by atoms with E-state index in [1.54, 1.807) is 12.1 Å². The van der Waals surface area contributed by atoms with Crippen molar-refractivity contribution in [1.82, 2.24) is 0 Å². The zero-order chi connectivity index (χ0) is 14.2. The molecule has 1 saturated carbocycles.